The quantitative estimate of drug-likeness (QED) is 0.445. The monoisotopic (exact) mass is 332 g/mol. The van der Waals surface area contributed by atoms with Crippen molar-refractivity contribution in [3.8, 4) is 0 Å². The van der Waals surface area contributed by atoms with Gasteiger partial charge in [-0.1, -0.05) is 12.2 Å². The number of thiocarbonyl (C=S) groups is 1. The van der Waals surface area contributed by atoms with E-state index in [0.717, 1.165) is 0 Å². The zero-order chi connectivity index (χ0) is 9.65. The van der Waals surface area contributed by atoms with Gasteiger partial charge in [0.25, 0.3) is 0 Å². The molecular weight excluding hydrogens is 330 g/mol. The second-order valence-corrected chi connectivity index (χ2v) is 1.55. The first-order valence-electron chi connectivity index (χ1n) is 1.92. The molecule has 0 aliphatic carbocycles. The molecule has 1 radical (unpaired) electrons. The number of carbonyl (C=O) groups excluding carboxylic acids is 1. The van der Waals surface area contributed by atoms with Crippen LogP contribution in [0.25, 0.3) is 0 Å². The minimum atomic E-state index is -4.49. The van der Waals surface area contributed by atoms with Crippen LogP contribution in [0.15, 0.2) is 0 Å². The fourth-order valence-electron chi connectivity index (χ4n) is 0. The van der Waals surface area contributed by atoms with Gasteiger partial charge >= 0.3 is 6.18 Å². The van der Waals surface area contributed by atoms with Crippen LogP contribution in [0.1, 0.15) is 0 Å². The third-order valence-electron chi connectivity index (χ3n) is 0.279. The molecule has 0 unspecified atom stereocenters. The van der Waals surface area contributed by atoms with Gasteiger partial charge < -0.3 is 20.7 Å². The molecule has 0 aliphatic heterocycles. The van der Waals surface area contributed by atoms with Crippen LogP contribution in [0.5, 0.6) is 0 Å². The van der Waals surface area contributed by atoms with Gasteiger partial charge in [0.1, 0.15) is 0 Å². The maximum Gasteiger partial charge on any atom is 0.441 e. The molecule has 0 atom stereocenters. The number of carboxylic acid groups (broad SMARTS) is 2. The molecule has 0 saturated heterocycles. The Morgan fingerprint density at radius 2 is 1.38 bits per heavy atom. The van der Waals surface area contributed by atoms with Crippen molar-refractivity contribution in [1.82, 2.24) is 0 Å². The van der Waals surface area contributed by atoms with Crippen LogP contribution in [-0.2, 0) is 22.4 Å². The summed E-state index contributed by atoms with van der Waals surface area (Å²) in [6, 6.07) is 0. The molecule has 2 N–H and O–H groups in total. The van der Waals surface area contributed by atoms with E-state index in [-0.39, 0.29) is 34.8 Å². The second kappa shape index (κ2) is 10.1. The molecule has 0 aromatic rings. The Bertz CT molecular complexity index is 162. The molecule has 13 heavy (non-hydrogen) atoms. The molecule has 0 fully saturated rings. The van der Waals surface area contributed by atoms with E-state index >= 15 is 0 Å². The molecule has 0 aromatic heterocycles. The Kier molecular flexibility index (Phi) is 17.9. The van der Waals surface area contributed by atoms with Crippen molar-refractivity contribution in [2.24, 2.45) is 5.73 Å². The van der Waals surface area contributed by atoms with Crippen molar-refractivity contribution in [1.29, 1.82) is 0 Å². The Morgan fingerprint density at radius 3 is 1.38 bits per heavy atom. The maximum atomic E-state index is 10.9. The number of rotatable bonds is 0. The largest absolute Gasteiger partial charge is 0.652 e. The summed E-state index contributed by atoms with van der Waals surface area (Å²) in [6.45, 7) is 0. The number of alkyl halides is 3. The standard InChI is InChI=1S/C2H2F3NS.CH2O3.Ag.ClH/c3-2(4,5)1(6)7;2-1(3)4;;/h(H2,6,7);(H2,2,3,4);;1H/p-2. The number of halogens is 4. The van der Waals surface area contributed by atoms with E-state index in [2.05, 4.69) is 18.0 Å². The number of carbonyl (C=O) groups is 1. The summed E-state index contributed by atoms with van der Waals surface area (Å²) < 4.78 is 32.7. The molecule has 0 saturated carbocycles. The molecule has 0 aliphatic rings. The zero-order valence-electron chi connectivity index (χ0n) is 5.55. The molecule has 85 valence electrons. The predicted octanol–water partition coefficient (Wildman–Crippen LogP) is -1.19. The SMILES string of the molecule is Cl.NC(=S)C(F)(F)F.O=C([O-])[O-].[Ag]. The molecule has 4 nitrogen and oxygen atoms in total. The van der Waals surface area contributed by atoms with Crippen molar-refractivity contribution in [3.05, 3.63) is 0 Å². The van der Waals surface area contributed by atoms with E-state index < -0.39 is 17.3 Å². The van der Waals surface area contributed by atoms with Crippen LogP contribution < -0.4 is 15.9 Å². The van der Waals surface area contributed by atoms with Crippen LogP contribution in [0, 0.1) is 0 Å². The minimum absolute atomic E-state index is 0. The normalized spacial score (nSPS) is 7.92. The van der Waals surface area contributed by atoms with E-state index in [1.807, 2.05) is 0 Å². The van der Waals surface area contributed by atoms with E-state index in [1.165, 1.54) is 0 Å². The van der Waals surface area contributed by atoms with Gasteiger partial charge in [-0.15, -0.1) is 12.4 Å². The van der Waals surface area contributed by atoms with Crippen LogP contribution in [0.3, 0.4) is 0 Å². The van der Waals surface area contributed by atoms with E-state index in [4.69, 9.17) is 15.0 Å². The molecule has 0 amide bonds. The maximum absolute atomic E-state index is 10.9. The van der Waals surface area contributed by atoms with Crippen LogP contribution in [0.4, 0.5) is 18.0 Å². The van der Waals surface area contributed by atoms with Crippen LogP contribution in [-0.4, -0.2) is 17.3 Å². The molecule has 0 spiro atoms. The van der Waals surface area contributed by atoms with Gasteiger partial charge in [0.15, 0.2) is 4.99 Å². The zero-order valence-corrected chi connectivity index (χ0v) is 8.67. The summed E-state index contributed by atoms with van der Waals surface area (Å²) in [7, 11) is 0. The van der Waals surface area contributed by atoms with E-state index in [9.17, 15) is 13.2 Å². The second-order valence-electron chi connectivity index (χ2n) is 1.11. The van der Waals surface area contributed by atoms with Crippen LogP contribution in [0.2, 0.25) is 0 Å². The molecule has 0 rings (SSSR count). The van der Waals surface area contributed by atoms with Gasteiger partial charge in [-0.05, 0) is 6.16 Å². The van der Waals surface area contributed by atoms with E-state index in [0.29, 0.717) is 0 Å². The summed E-state index contributed by atoms with van der Waals surface area (Å²) in [4.78, 5) is 6.91. The smallest absolute Gasteiger partial charge is 0.441 e. The van der Waals surface area contributed by atoms with Crippen molar-refractivity contribution in [2.45, 2.75) is 6.18 Å². The third kappa shape index (κ3) is 33.4. The summed E-state index contributed by atoms with van der Waals surface area (Å²) >= 11 is 3.59. The number of nitrogens with two attached hydrogens (primary N) is 1. The Morgan fingerprint density at radius 1 is 1.31 bits per heavy atom. The van der Waals surface area contributed by atoms with Crippen molar-refractivity contribution in [3.63, 3.8) is 0 Å². The first-order chi connectivity index (χ1) is 4.68. The summed E-state index contributed by atoms with van der Waals surface area (Å²) in [6.07, 6.45) is -6.82. The van der Waals surface area contributed by atoms with E-state index in [1.54, 1.807) is 0 Å². The first-order valence-corrected chi connectivity index (χ1v) is 2.33. The molecule has 10 heteroatoms. The van der Waals surface area contributed by atoms with Crippen molar-refractivity contribution < 1.29 is 50.6 Å². The van der Waals surface area contributed by atoms with Gasteiger partial charge in [-0.3, -0.25) is 0 Å². The summed E-state index contributed by atoms with van der Waals surface area (Å²) in [5.74, 6) is 0. The van der Waals surface area contributed by atoms with Crippen LogP contribution >= 0.6 is 24.6 Å². The first kappa shape index (κ1) is 23.1. The molecule has 0 heterocycles. The molecule has 0 bridgehead atoms. The Labute approximate surface area is 98.2 Å². The Hall–Kier alpha value is -0.0197. The van der Waals surface area contributed by atoms with Crippen molar-refractivity contribution in [2.75, 3.05) is 0 Å². The third-order valence-corrected chi connectivity index (χ3v) is 0.511. The van der Waals surface area contributed by atoms with Gasteiger partial charge in [-0.25, -0.2) is 0 Å². The number of hydrogen-bond acceptors (Lipinski definition) is 4. The molecule has 0 aromatic carbocycles. The summed E-state index contributed by atoms with van der Waals surface area (Å²) in [5, 5.41) is 16.7. The fraction of sp³-hybridized carbons (Fsp3) is 0.333. The minimum Gasteiger partial charge on any atom is -0.652 e. The average Bonchev–Trinajstić information content (AvgIpc) is 1.59. The number of hydrogen-bond donors (Lipinski definition) is 1. The average molecular weight is 333 g/mol. The Balaban J connectivity index is -0.0000000600. The molecular formula is C3H3AgClF3NO3S-2. The predicted molar refractivity (Wildman–Crippen MR) is 35.5 cm³/mol. The van der Waals surface area contributed by atoms with Gasteiger partial charge in [-0.2, -0.15) is 13.2 Å². The summed E-state index contributed by atoms with van der Waals surface area (Å²) in [5.41, 5.74) is 4.18. The van der Waals surface area contributed by atoms with Crippen molar-refractivity contribution >= 4 is 35.8 Å². The fourth-order valence-corrected chi connectivity index (χ4v) is 0. The van der Waals surface area contributed by atoms with Gasteiger partial charge in [0, 0.05) is 22.4 Å². The van der Waals surface area contributed by atoms with Gasteiger partial charge in [0.2, 0.25) is 0 Å². The van der Waals surface area contributed by atoms with Gasteiger partial charge in [0.05, 0.1) is 0 Å². The topological polar surface area (TPSA) is 89.2 Å².